The Labute approximate surface area is 141 Å². The molecule has 1 atom stereocenters. The predicted molar refractivity (Wildman–Crippen MR) is 94.7 cm³/mol. The van der Waals surface area contributed by atoms with Crippen LogP contribution in [0.1, 0.15) is 17.7 Å². The van der Waals surface area contributed by atoms with Crippen LogP contribution in [0.2, 0.25) is 0 Å². The fourth-order valence-electron chi connectivity index (χ4n) is 2.92. The molecule has 124 valence electrons. The van der Waals surface area contributed by atoms with Gasteiger partial charge in [-0.25, -0.2) is 4.79 Å². The van der Waals surface area contributed by atoms with Gasteiger partial charge in [0.25, 0.3) is 0 Å². The van der Waals surface area contributed by atoms with Gasteiger partial charge in [0, 0.05) is 31.8 Å². The molecule has 0 bridgehead atoms. The highest BCUT2D eigenvalue weighted by Crippen LogP contribution is 2.18. The second kappa shape index (κ2) is 7.75. The van der Waals surface area contributed by atoms with Crippen LogP contribution in [0.3, 0.4) is 0 Å². The highest BCUT2D eigenvalue weighted by molar-refractivity contribution is 5.84. The van der Waals surface area contributed by atoms with Gasteiger partial charge in [-0.05, 0) is 30.2 Å². The zero-order valence-corrected chi connectivity index (χ0v) is 13.4. The Morgan fingerprint density at radius 3 is 2.83 bits per heavy atom. The monoisotopic (exact) mass is 323 g/mol. The molecule has 0 saturated carbocycles. The zero-order valence-electron chi connectivity index (χ0n) is 13.4. The minimum atomic E-state index is -0.969. The van der Waals surface area contributed by atoms with Crippen molar-refractivity contribution < 1.29 is 9.90 Å². The lowest BCUT2D eigenvalue weighted by atomic mass is 10.2. The van der Waals surface area contributed by atoms with Gasteiger partial charge in [-0.2, -0.15) is 0 Å². The van der Waals surface area contributed by atoms with E-state index in [2.05, 4.69) is 39.5 Å². The smallest absolute Gasteiger partial charge is 0.328 e. The number of benzene rings is 1. The van der Waals surface area contributed by atoms with Crippen molar-refractivity contribution in [3.63, 3.8) is 0 Å². The average Bonchev–Trinajstić information content (AvgIpc) is 3.02. The Balaban J connectivity index is 1.51. The molecular weight excluding hydrogens is 302 g/mol. The van der Waals surface area contributed by atoms with E-state index in [-0.39, 0.29) is 0 Å². The van der Waals surface area contributed by atoms with Crippen LogP contribution in [0.4, 0.5) is 5.69 Å². The first-order valence-corrected chi connectivity index (χ1v) is 8.09. The molecule has 3 rings (SSSR count). The van der Waals surface area contributed by atoms with Crippen molar-refractivity contribution in [2.45, 2.75) is 19.0 Å². The van der Waals surface area contributed by atoms with Crippen LogP contribution in [-0.2, 0) is 11.3 Å². The van der Waals surface area contributed by atoms with Gasteiger partial charge in [-0.1, -0.05) is 30.3 Å². The minimum absolute atomic E-state index is 0.413. The fraction of sp³-hybridized carbons (Fsp3) is 0.263. The van der Waals surface area contributed by atoms with Crippen molar-refractivity contribution in [3.8, 4) is 0 Å². The minimum Gasteiger partial charge on any atom is -0.478 e. The SMILES string of the molecule is O=C(O)C=Cc1ccc(N[C@@H]2CCN(Cc3ccccc3)C2)cn1. The number of aromatic nitrogens is 1. The van der Waals surface area contributed by atoms with Crippen LogP contribution >= 0.6 is 0 Å². The first kappa shape index (κ1) is 16.2. The van der Waals surface area contributed by atoms with Gasteiger partial charge in [-0.3, -0.25) is 9.88 Å². The maximum Gasteiger partial charge on any atom is 0.328 e. The lowest BCUT2D eigenvalue weighted by Gasteiger charge is -2.17. The molecule has 1 aromatic heterocycles. The number of anilines is 1. The summed E-state index contributed by atoms with van der Waals surface area (Å²) in [4.78, 5) is 17.2. The number of rotatable bonds is 6. The number of carboxylic acid groups (broad SMARTS) is 1. The van der Waals surface area contributed by atoms with Crippen molar-refractivity contribution in [2.24, 2.45) is 0 Å². The van der Waals surface area contributed by atoms with Crippen molar-refractivity contribution in [2.75, 3.05) is 18.4 Å². The number of hydrogen-bond donors (Lipinski definition) is 2. The molecule has 1 saturated heterocycles. The van der Waals surface area contributed by atoms with Crippen LogP contribution < -0.4 is 5.32 Å². The van der Waals surface area contributed by atoms with Crippen molar-refractivity contribution in [1.29, 1.82) is 0 Å². The normalized spacial score (nSPS) is 18.1. The Bertz CT molecular complexity index is 698. The second-order valence-corrected chi connectivity index (χ2v) is 5.99. The van der Waals surface area contributed by atoms with Crippen LogP contribution in [0.25, 0.3) is 6.08 Å². The second-order valence-electron chi connectivity index (χ2n) is 5.99. The molecule has 0 amide bonds. The quantitative estimate of drug-likeness (QED) is 0.800. The van der Waals surface area contributed by atoms with Gasteiger partial charge in [0.1, 0.15) is 0 Å². The number of aliphatic carboxylic acids is 1. The maximum absolute atomic E-state index is 10.5. The molecular formula is C19H21N3O2. The maximum atomic E-state index is 10.5. The molecule has 1 fully saturated rings. The Kier molecular flexibility index (Phi) is 5.23. The van der Waals surface area contributed by atoms with Gasteiger partial charge in [0.2, 0.25) is 0 Å². The van der Waals surface area contributed by atoms with Crippen molar-refractivity contribution in [3.05, 3.63) is 66.0 Å². The Morgan fingerprint density at radius 1 is 1.29 bits per heavy atom. The Morgan fingerprint density at radius 2 is 2.12 bits per heavy atom. The van der Waals surface area contributed by atoms with E-state index in [1.54, 1.807) is 6.20 Å². The fourth-order valence-corrected chi connectivity index (χ4v) is 2.92. The first-order valence-electron chi connectivity index (χ1n) is 8.09. The molecule has 0 radical (unpaired) electrons. The molecule has 2 aromatic rings. The van der Waals surface area contributed by atoms with Gasteiger partial charge in [0.15, 0.2) is 0 Å². The molecule has 0 spiro atoms. The van der Waals surface area contributed by atoms with Crippen molar-refractivity contribution >= 4 is 17.7 Å². The molecule has 0 aliphatic carbocycles. The number of nitrogens with zero attached hydrogens (tertiary/aromatic N) is 2. The zero-order chi connectivity index (χ0) is 16.8. The van der Waals surface area contributed by atoms with E-state index >= 15 is 0 Å². The third-order valence-electron chi connectivity index (χ3n) is 4.08. The van der Waals surface area contributed by atoms with Crippen LogP contribution in [0, 0.1) is 0 Å². The third-order valence-corrected chi connectivity index (χ3v) is 4.08. The summed E-state index contributed by atoms with van der Waals surface area (Å²) in [6, 6.07) is 14.7. The molecule has 1 aromatic carbocycles. The molecule has 2 heterocycles. The Hall–Kier alpha value is -2.66. The van der Waals surface area contributed by atoms with Gasteiger partial charge in [0.05, 0.1) is 17.6 Å². The largest absolute Gasteiger partial charge is 0.478 e. The summed E-state index contributed by atoms with van der Waals surface area (Å²) in [5, 5.41) is 12.1. The number of carbonyl (C=O) groups is 1. The number of nitrogens with one attached hydrogen (secondary N) is 1. The van der Waals surface area contributed by atoms with E-state index in [0.29, 0.717) is 11.7 Å². The summed E-state index contributed by atoms with van der Waals surface area (Å²) < 4.78 is 0. The standard InChI is InChI=1S/C19H21N3O2/c23-19(24)9-8-16-6-7-17(12-20-16)21-18-10-11-22(14-18)13-15-4-2-1-3-5-15/h1-9,12,18,21H,10-11,13-14H2,(H,23,24)/t18-/m1/s1. The highest BCUT2D eigenvalue weighted by atomic mass is 16.4. The summed E-state index contributed by atoms with van der Waals surface area (Å²) in [5.74, 6) is -0.969. The predicted octanol–water partition coefficient (Wildman–Crippen LogP) is 2.87. The first-order chi connectivity index (χ1) is 11.7. The summed E-state index contributed by atoms with van der Waals surface area (Å²) in [7, 11) is 0. The number of pyridine rings is 1. The lowest BCUT2D eigenvalue weighted by Crippen LogP contribution is -2.26. The lowest BCUT2D eigenvalue weighted by molar-refractivity contribution is -0.131. The molecule has 2 N–H and O–H groups in total. The van der Waals surface area contributed by atoms with Crippen LogP contribution in [0.15, 0.2) is 54.7 Å². The molecule has 5 heteroatoms. The van der Waals surface area contributed by atoms with Crippen molar-refractivity contribution in [1.82, 2.24) is 9.88 Å². The van der Waals surface area contributed by atoms with Gasteiger partial charge >= 0.3 is 5.97 Å². The summed E-state index contributed by atoms with van der Waals surface area (Å²) in [6.45, 7) is 3.07. The van der Waals surface area contributed by atoms with E-state index in [9.17, 15) is 4.79 Å². The molecule has 24 heavy (non-hydrogen) atoms. The summed E-state index contributed by atoms with van der Waals surface area (Å²) in [6.07, 6.45) is 5.44. The topological polar surface area (TPSA) is 65.5 Å². The number of carboxylic acids is 1. The van der Waals surface area contributed by atoms with Crippen LogP contribution in [-0.4, -0.2) is 40.1 Å². The summed E-state index contributed by atoms with van der Waals surface area (Å²) >= 11 is 0. The van der Waals surface area contributed by atoms with Crippen LogP contribution in [0.5, 0.6) is 0 Å². The van der Waals surface area contributed by atoms with Gasteiger partial charge in [-0.15, -0.1) is 0 Å². The third kappa shape index (κ3) is 4.67. The van der Waals surface area contributed by atoms with E-state index in [4.69, 9.17) is 5.11 Å². The average molecular weight is 323 g/mol. The molecule has 1 aliphatic rings. The van der Waals surface area contributed by atoms with E-state index in [1.807, 2.05) is 18.2 Å². The molecule has 5 nitrogen and oxygen atoms in total. The molecule has 1 aliphatic heterocycles. The molecule has 0 unspecified atom stereocenters. The summed E-state index contributed by atoms with van der Waals surface area (Å²) in [5.41, 5.74) is 2.95. The van der Waals surface area contributed by atoms with E-state index < -0.39 is 5.97 Å². The van der Waals surface area contributed by atoms with E-state index in [1.165, 1.54) is 11.6 Å². The number of likely N-dealkylation sites (tertiary alicyclic amines) is 1. The number of hydrogen-bond acceptors (Lipinski definition) is 4. The van der Waals surface area contributed by atoms with Gasteiger partial charge < -0.3 is 10.4 Å². The van der Waals surface area contributed by atoms with E-state index in [0.717, 1.165) is 37.8 Å². The highest BCUT2D eigenvalue weighted by Gasteiger charge is 2.22.